The molecule has 0 aliphatic heterocycles. The van der Waals surface area contributed by atoms with Crippen molar-refractivity contribution < 1.29 is 37.0 Å². The van der Waals surface area contributed by atoms with Crippen LogP contribution in [0.4, 0.5) is 13.2 Å². The molecular weight excluding hydrogens is 429 g/mol. The van der Waals surface area contributed by atoms with E-state index in [9.17, 15) is 22.8 Å². The minimum Gasteiger partial charge on any atom is -0.493 e. The van der Waals surface area contributed by atoms with Crippen LogP contribution < -0.4 is 14.9 Å². The number of carboxylic acid groups (broad SMARTS) is 1. The van der Waals surface area contributed by atoms with Crippen molar-refractivity contribution >= 4 is 28.5 Å². The summed E-state index contributed by atoms with van der Waals surface area (Å²) in [4.78, 5) is 23.1. The van der Waals surface area contributed by atoms with Gasteiger partial charge in [0.15, 0.2) is 11.0 Å². The first-order valence-electron chi connectivity index (χ1n) is 8.61. The summed E-state index contributed by atoms with van der Waals surface area (Å²) < 4.78 is 52.8. The Kier molecular flexibility index (Phi) is 6.21. The maximum atomic E-state index is 12.6. The van der Waals surface area contributed by atoms with E-state index in [0.29, 0.717) is 0 Å². The zero-order valence-electron chi connectivity index (χ0n) is 15.2. The number of hydrogen-bond donors (Lipinski definition) is 1. The molecule has 2 aromatic carbocycles. The molecule has 1 aromatic heterocycles. The number of halogens is 4. The van der Waals surface area contributed by atoms with Crippen LogP contribution >= 0.6 is 11.6 Å². The molecule has 10 heteroatoms. The molecule has 158 valence electrons. The van der Waals surface area contributed by atoms with Crippen LogP contribution in [-0.4, -0.2) is 24.0 Å². The summed E-state index contributed by atoms with van der Waals surface area (Å²) in [7, 11) is 0. The van der Waals surface area contributed by atoms with Gasteiger partial charge in [0.05, 0.1) is 22.6 Å². The maximum Gasteiger partial charge on any atom is 0.573 e. The normalized spacial score (nSPS) is 11.5. The third kappa shape index (κ3) is 5.24. The molecule has 6 nitrogen and oxygen atoms in total. The zero-order valence-corrected chi connectivity index (χ0v) is 15.9. The minimum atomic E-state index is -4.91. The van der Waals surface area contributed by atoms with Crippen LogP contribution in [0.3, 0.4) is 0 Å². The molecule has 1 N–H and O–H groups in total. The molecular formula is C20H14ClF3O6. The first kappa shape index (κ1) is 21.5. The van der Waals surface area contributed by atoms with E-state index in [0.717, 1.165) is 12.1 Å². The van der Waals surface area contributed by atoms with Gasteiger partial charge in [0, 0.05) is 18.6 Å². The minimum absolute atomic E-state index is 0.0207. The highest BCUT2D eigenvalue weighted by atomic mass is 35.5. The van der Waals surface area contributed by atoms with Crippen molar-refractivity contribution in [2.24, 2.45) is 0 Å². The predicted octanol–water partition coefficient (Wildman–Crippen LogP) is 5.26. The number of aliphatic carboxylic acids is 1. The van der Waals surface area contributed by atoms with Crippen molar-refractivity contribution in [2.75, 3.05) is 6.61 Å². The number of benzene rings is 2. The predicted molar refractivity (Wildman–Crippen MR) is 102 cm³/mol. The Morgan fingerprint density at radius 1 is 1.17 bits per heavy atom. The van der Waals surface area contributed by atoms with E-state index < -0.39 is 23.5 Å². The van der Waals surface area contributed by atoms with E-state index in [1.54, 1.807) is 6.07 Å². The van der Waals surface area contributed by atoms with Gasteiger partial charge in [0.1, 0.15) is 17.3 Å². The molecule has 0 bridgehead atoms. The van der Waals surface area contributed by atoms with Crippen LogP contribution in [-0.2, 0) is 4.79 Å². The van der Waals surface area contributed by atoms with Crippen LogP contribution in [0, 0.1) is 0 Å². The maximum absolute atomic E-state index is 12.6. The lowest BCUT2D eigenvalue weighted by atomic mass is 10.1. The second-order valence-corrected chi connectivity index (χ2v) is 6.55. The summed E-state index contributed by atoms with van der Waals surface area (Å²) in [6.45, 7) is -0.0899. The summed E-state index contributed by atoms with van der Waals surface area (Å²) in [5, 5.41) is 9.14. The second kappa shape index (κ2) is 8.66. The van der Waals surface area contributed by atoms with Crippen LogP contribution in [0.2, 0.25) is 5.02 Å². The van der Waals surface area contributed by atoms with E-state index in [-0.39, 0.29) is 52.5 Å². The fourth-order valence-corrected chi connectivity index (χ4v) is 2.92. The Morgan fingerprint density at radius 2 is 1.93 bits per heavy atom. The quantitative estimate of drug-likeness (QED) is 0.503. The molecule has 0 radical (unpaired) electrons. The van der Waals surface area contributed by atoms with E-state index in [1.165, 1.54) is 24.3 Å². The Hall–Kier alpha value is -3.20. The molecule has 0 amide bonds. The lowest BCUT2D eigenvalue weighted by Gasteiger charge is -2.14. The molecule has 30 heavy (non-hydrogen) atoms. The molecule has 0 aliphatic carbocycles. The molecule has 3 aromatic rings. The van der Waals surface area contributed by atoms with E-state index in [4.69, 9.17) is 25.9 Å². The third-order valence-corrected chi connectivity index (χ3v) is 4.25. The molecule has 0 atom stereocenters. The van der Waals surface area contributed by atoms with Gasteiger partial charge in [-0.2, -0.15) is 0 Å². The Balaban J connectivity index is 2.04. The fraction of sp³-hybridized carbons (Fsp3) is 0.200. The highest BCUT2D eigenvalue weighted by Gasteiger charge is 2.31. The summed E-state index contributed by atoms with van der Waals surface area (Å²) in [5.74, 6) is -1.63. The monoisotopic (exact) mass is 442 g/mol. The number of fused-ring (bicyclic) bond motifs is 1. The summed E-state index contributed by atoms with van der Waals surface area (Å²) >= 11 is 6.09. The van der Waals surface area contributed by atoms with Crippen LogP contribution in [0.25, 0.3) is 22.3 Å². The van der Waals surface area contributed by atoms with Gasteiger partial charge in [-0.25, -0.2) is 0 Å². The summed E-state index contributed by atoms with van der Waals surface area (Å²) in [6.07, 6.45) is -4.98. The molecule has 1 heterocycles. The van der Waals surface area contributed by atoms with E-state index in [2.05, 4.69) is 4.74 Å². The van der Waals surface area contributed by atoms with Gasteiger partial charge in [0.2, 0.25) is 0 Å². The topological polar surface area (TPSA) is 86.0 Å². The van der Waals surface area contributed by atoms with Gasteiger partial charge in [-0.3, -0.25) is 9.59 Å². The fourth-order valence-electron chi connectivity index (χ4n) is 2.70. The number of para-hydroxylation sites is 1. The first-order chi connectivity index (χ1) is 14.1. The molecule has 0 fully saturated rings. The lowest BCUT2D eigenvalue weighted by Crippen LogP contribution is -2.17. The Morgan fingerprint density at radius 3 is 2.63 bits per heavy atom. The standard InChI is InChI=1S/C20H14ClF3O6/c21-14-4-1-3-12-15(25)10-17(29-19(12)14)13-7-6-11(30-20(22,23)24)9-16(13)28-8-2-5-18(26)27/h1,3-4,6-7,9-10H,2,5,8H2,(H,26,27). The zero-order chi connectivity index (χ0) is 21.9. The van der Waals surface area contributed by atoms with E-state index in [1.807, 2.05) is 0 Å². The van der Waals surface area contributed by atoms with Crippen molar-refractivity contribution in [1.29, 1.82) is 0 Å². The summed E-state index contributed by atoms with van der Waals surface area (Å²) in [5.41, 5.74) is -0.103. The lowest BCUT2D eigenvalue weighted by molar-refractivity contribution is -0.274. The number of ether oxygens (including phenoxy) is 2. The number of alkyl halides is 3. The van der Waals surface area contributed by atoms with Crippen molar-refractivity contribution in [3.63, 3.8) is 0 Å². The summed E-state index contributed by atoms with van der Waals surface area (Å²) in [6, 6.07) is 9.09. The van der Waals surface area contributed by atoms with Gasteiger partial charge >= 0.3 is 12.3 Å². The average Bonchev–Trinajstić information content (AvgIpc) is 2.65. The van der Waals surface area contributed by atoms with Crippen molar-refractivity contribution in [3.05, 3.63) is 57.7 Å². The van der Waals surface area contributed by atoms with E-state index >= 15 is 0 Å². The highest BCUT2D eigenvalue weighted by molar-refractivity contribution is 6.34. The van der Waals surface area contributed by atoms with Crippen LogP contribution in [0.1, 0.15) is 12.8 Å². The van der Waals surface area contributed by atoms with Crippen LogP contribution in [0.5, 0.6) is 11.5 Å². The second-order valence-electron chi connectivity index (χ2n) is 6.14. The third-order valence-electron chi connectivity index (χ3n) is 3.95. The smallest absolute Gasteiger partial charge is 0.493 e. The van der Waals surface area contributed by atoms with Gasteiger partial charge in [-0.05, 0) is 30.7 Å². The molecule has 0 saturated heterocycles. The van der Waals surface area contributed by atoms with Gasteiger partial charge in [0.25, 0.3) is 0 Å². The van der Waals surface area contributed by atoms with Crippen molar-refractivity contribution in [3.8, 4) is 22.8 Å². The van der Waals surface area contributed by atoms with Gasteiger partial charge in [-0.15, -0.1) is 13.2 Å². The van der Waals surface area contributed by atoms with Gasteiger partial charge in [-0.1, -0.05) is 17.7 Å². The molecule has 0 aliphatic rings. The van der Waals surface area contributed by atoms with Crippen LogP contribution in [0.15, 0.2) is 51.7 Å². The largest absolute Gasteiger partial charge is 0.573 e. The number of carboxylic acids is 1. The molecule has 0 spiro atoms. The number of carbonyl (C=O) groups is 1. The van der Waals surface area contributed by atoms with Crippen molar-refractivity contribution in [2.45, 2.75) is 19.2 Å². The first-order valence-corrected chi connectivity index (χ1v) is 8.99. The molecule has 3 rings (SSSR count). The van der Waals surface area contributed by atoms with Gasteiger partial charge < -0.3 is 19.0 Å². The van der Waals surface area contributed by atoms with Crippen molar-refractivity contribution in [1.82, 2.24) is 0 Å². The average molecular weight is 443 g/mol. The highest BCUT2D eigenvalue weighted by Crippen LogP contribution is 2.36. The number of hydrogen-bond acceptors (Lipinski definition) is 5. The molecule has 0 saturated carbocycles. The SMILES string of the molecule is O=C(O)CCCOc1cc(OC(F)(F)F)ccc1-c1cc(=O)c2cccc(Cl)c2o1. The Labute approximate surface area is 172 Å². The Bertz CT molecular complexity index is 1140. The molecule has 0 unspecified atom stereocenters. The number of rotatable bonds is 7.